The molecular formula is C11H8F3NO. The Labute approximate surface area is 89.3 Å². The van der Waals surface area contributed by atoms with Gasteiger partial charge >= 0.3 is 12.1 Å². The van der Waals surface area contributed by atoms with Crippen molar-refractivity contribution in [3.8, 4) is 0 Å². The molecule has 1 aromatic carbocycles. The van der Waals surface area contributed by atoms with Crippen molar-refractivity contribution in [2.24, 2.45) is 0 Å². The molecule has 1 heterocycles. The number of aromatic nitrogens is 1. The van der Waals surface area contributed by atoms with Crippen molar-refractivity contribution in [1.82, 2.24) is 4.57 Å². The van der Waals surface area contributed by atoms with Crippen molar-refractivity contribution in [2.45, 2.75) is 13.1 Å². The average molecular weight is 227 g/mol. The number of aryl methyl sites for hydroxylation is 1. The van der Waals surface area contributed by atoms with E-state index in [0.717, 1.165) is 6.20 Å². The number of para-hydroxylation sites is 1. The van der Waals surface area contributed by atoms with Crippen molar-refractivity contribution in [3.63, 3.8) is 0 Å². The van der Waals surface area contributed by atoms with Crippen LogP contribution in [-0.4, -0.2) is 16.7 Å². The summed E-state index contributed by atoms with van der Waals surface area (Å²) in [5, 5.41) is 0.623. The van der Waals surface area contributed by atoms with E-state index in [1.807, 2.05) is 0 Å². The molecular weight excluding hydrogens is 219 g/mol. The van der Waals surface area contributed by atoms with Crippen LogP contribution in [0.15, 0.2) is 30.5 Å². The Kier molecular flexibility index (Phi) is 2.26. The lowest BCUT2D eigenvalue weighted by Gasteiger charge is -2.08. The summed E-state index contributed by atoms with van der Waals surface area (Å²) in [6.07, 6.45) is -3.71. The van der Waals surface area contributed by atoms with Crippen LogP contribution in [0.2, 0.25) is 0 Å². The average Bonchev–Trinajstić information content (AvgIpc) is 2.60. The Morgan fingerprint density at radius 2 is 1.94 bits per heavy atom. The summed E-state index contributed by atoms with van der Waals surface area (Å²) in [7, 11) is 0. The van der Waals surface area contributed by atoms with Gasteiger partial charge in [0.1, 0.15) is 0 Å². The van der Waals surface area contributed by atoms with Crippen LogP contribution in [-0.2, 0) is 0 Å². The lowest BCUT2D eigenvalue weighted by molar-refractivity contribution is -0.0942. The number of carbonyl (C=O) groups is 1. The zero-order valence-corrected chi connectivity index (χ0v) is 8.38. The van der Waals surface area contributed by atoms with E-state index in [2.05, 4.69) is 0 Å². The first-order valence-corrected chi connectivity index (χ1v) is 4.59. The lowest BCUT2D eigenvalue weighted by atomic mass is 10.2. The van der Waals surface area contributed by atoms with Gasteiger partial charge in [-0.05, 0) is 18.6 Å². The van der Waals surface area contributed by atoms with Gasteiger partial charge in [-0.1, -0.05) is 18.2 Å². The van der Waals surface area contributed by atoms with E-state index in [4.69, 9.17) is 0 Å². The molecule has 0 unspecified atom stereocenters. The van der Waals surface area contributed by atoms with E-state index in [0.29, 0.717) is 21.0 Å². The van der Waals surface area contributed by atoms with E-state index in [-0.39, 0.29) is 0 Å². The van der Waals surface area contributed by atoms with Crippen LogP contribution < -0.4 is 0 Å². The molecule has 0 fully saturated rings. The number of carbonyl (C=O) groups excluding carboxylic acids is 1. The Morgan fingerprint density at radius 1 is 1.25 bits per heavy atom. The monoisotopic (exact) mass is 227 g/mol. The van der Waals surface area contributed by atoms with Crippen LogP contribution in [0.25, 0.3) is 10.9 Å². The van der Waals surface area contributed by atoms with Gasteiger partial charge in [-0.3, -0.25) is 9.36 Å². The highest BCUT2D eigenvalue weighted by Crippen LogP contribution is 2.24. The number of benzene rings is 1. The number of hydrogen-bond acceptors (Lipinski definition) is 1. The van der Waals surface area contributed by atoms with Gasteiger partial charge < -0.3 is 0 Å². The zero-order chi connectivity index (χ0) is 11.9. The van der Waals surface area contributed by atoms with Gasteiger partial charge in [-0.2, -0.15) is 13.2 Å². The van der Waals surface area contributed by atoms with Gasteiger partial charge in [0.05, 0.1) is 5.52 Å². The molecule has 5 heteroatoms. The van der Waals surface area contributed by atoms with E-state index < -0.39 is 12.1 Å². The molecule has 0 spiro atoms. The lowest BCUT2D eigenvalue weighted by Crippen LogP contribution is -2.28. The van der Waals surface area contributed by atoms with Crippen molar-refractivity contribution in [2.75, 3.05) is 0 Å². The fourth-order valence-corrected chi connectivity index (χ4v) is 1.68. The molecule has 0 atom stereocenters. The minimum atomic E-state index is -4.85. The van der Waals surface area contributed by atoms with Gasteiger partial charge in [-0.25, -0.2) is 0 Å². The molecule has 2 rings (SSSR count). The fraction of sp³-hybridized carbons (Fsp3) is 0.182. The Hall–Kier alpha value is -1.78. The molecule has 0 aliphatic carbocycles. The number of nitrogens with zero attached hydrogens (tertiary/aromatic N) is 1. The van der Waals surface area contributed by atoms with Crippen molar-refractivity contribution in [1.29, 1.82) is 0 Å². The summed E-state index contributed by atoms with van der Waals surface area (Å²) in [6, 6.07) is 6.57. The third-order valence-corrected chi connectivity index (χ3v) is 2.37. The number of alkyl halides is 3. The summed E-state index contributed by atoms with van der Waals surface area (Å²) in [4.78, 5) is 11.1. The molecule has 0 saturated heterocycles. The summed E-state index contributed by atoms with van der Waals surface area (Å²) < 4.78 is 37.5. The maximum absolute atomic E-state index is 12.3. The van der Waals surface area contributed by atoms with Crippen molar-refractivity contribution >= 4 is 16.8 Å². The molecule has 0 amide bonds. The van der Waals surface area contributed by atoms with Gasteiger partial charge in [0, 0.05) is 11.6 Å². The first kappa shape index (κ1) is 10.7. The predicted molar refractivity (Wildman–Crippen MR) is 53.4 cm³/mol. The second-order valence-electron chi connectivity index (χ2n) is 3.50. The van der Waals surface area contributed by atoms with Crippen LogP contribution in [0, 0.1) is 6.92 Å². The van der Waals surface area contributed by atoms with Crippen LogP contribution >= 0.6 is 0 Å². The number of halogens is 3. The molecule has 1 aromatic heterocycles. The van der Waals surface area contributed by atoms with Crippen molar-refractivity contribution in [3.05, 3.63) is 36.0 Å². The second-order valence-corrected chi connectivity index (χ2v) is 3.50. The Morgan fingerprint density at radius 3 is 2.56 bits per heavy atom. The van der Waals surface area contributed by atoms with E-state index >= 15 is 0 Å². The first-order valence-electron chi connectivity index (χ1n) is 4.59. The predicted octanol–water partition coefficient (Wildman–Crippen LogP) is 3.15. The largest absolute Gasteiger partial charge is 0.472 e. The highest BCUT2D eigenvalue weighted by atomic mass is 19.4. The normalized spacial score (nSPS) is 12.0. The Balaban J connectivity index is 2.67. The third kappa shape index (κ3) is 1.58. The molecule has 84 valence electrons. The van der Waals surface area contributed by atoms with Gasteiger partial charge in [-0.15, -0.1) is 0 Å². The van der Waals surface area contributed by atoms with E-state index in [9.17, 15) is 18.0 Å². The maximum atomic E-state index is 12.3. The van der Waals surface area contributed by atoms with Gasteiger partial charge in [0.15, 0.2) is 0 Å². The zero-order valence-electron chi connectivity index (χ0n) is 8.38. The molecule has 0 bridgehead atoms. The van der Waals surface area contributed by atoms with Gasteiger partial charge in [0.2, 0.25) is 0 Å². The molecule has 0 aliphatic rings. The van der Waals surface area contributed by atoms with Crippen molar-refractivity contribution < 1.29 is 18.0 Å². The summed E-state index contributed by atoms with van der Waals surface area (Å²) in [6.45, 7) is 1.67. The van der Waals surface area contributed by atoms with Crippen LogP contribution in [0.4, 0.5) is 13.2 Å². The molecule has 2 aromatic rings. The minimum absolute atomic E-state index is 0.310. The standard InChI is InChI=1S/C11H8F3NO/c1-7-3-2-4-8-5-6-15(9(7)8)10(16)11(12,13)14/h2-6H,1H3. The number of fused-ring (bicyclic) bond motifs is 1. The smallest absolute Gasteiger partial charge is 0.279 e. The SMILES string of the molecule is Cc1cccc2ccn(C(=O)C(F)(F)F)c12. The second kappa shape index (κ2) is 3.37. The quantitative estimate of drug-likeness (QED) is 0.677. The van der Waals surface area contributed by atoms with Crippen LogP contribution in [0.3, 0.4) is 0 Å². The number of hydrogen-bond donors (Lipinski definition) is 0. The molecule has 0 aliphatic heterocycles. The topological polar surface area (TPSA) is 22.0 Å². The van der Waals surface area contributed by atoms with Crippen LogP contribution in [0.5, 0.6) is 0 Å². The highest BCUT2D eigenvalue weighted by molar-refractivity contribution is 5.96. The highest BCUT2D eigenvalue weighted by Gasteiger charge is 2.40. The summed E-state index contributed by atoms with van der Waals surface area (Å²) >= 11 is 0. The summed E-state index contributed by atoms with van der Waals surface area (Å²) in [5.41, 5.74) is 0.949. The van der Waals surface area contributed by atoms with Crippen LogP contribution in [0.1, 0.15) is 10.4 Å². The number of rotatable bonds is 0. The Bertz CT molecular complexity index is 554. The van der Waals surface area contributed by atoms with E-state index in [1.54, 1.807) is 25.1 Å². The maximum Gasteiger partial charge on any atom is 0.472 e. The molecule has 0 N–H and O–H groups in total. The van der Waals surface area contributed by atoms with E-state index in [1.165, 1.54) is 6.07 Å². The molecule has 0 saturated carbocycles. The molecule has 0 radical (unpaired) electrons. The minimum Gasteiger partial charge on any atom is -0.279 e. The van der Waals surface area contributed by atoms with Gasteiger partial charge in [0.25, 0.3) is 0 Å². The third-order valence-electron chi connectivity index (χ3n) is 2.37. The summed E-state index contributed by atoms with van der Waals surface area (Å²) in [5.74, 6) is -1.86. The fourth-order valence-electron chi connectivity index (χ4n) is 1.68. The molecule has 16 heavy (non-hydrogen) atoms. The molecule has 2 nitrogen and oxygen atoms in total. The first-order chi connectivity index (χ1) is 7.41.